The van der Waals surface area contributed by atoms with Crippen molar-refractivity contribution in [3.63, 3.8) is 0 Å². The lowest BCUT2D eigenvalue weighted by Gasteiger charge is -1.99. The molecule has 2 heteroatoms. The van der Waals surface area contributed by atoms with Crippen LogP contribution in [-0.2, 0) is 9.53 Å². The van der Waals surface area contributed by atoms with Crippen LogP contribution in [0.25, 0.3) is 0 Å². The van der Waals surface area contributed by atoms with Crippen LogP contribution in [0.4, 0.5) is 0 Å². The van der Waals surface area contributed by atoms with Gasteiger partial charge in [0.25, 0.3) is 0 Å². The molecule has 0 unspecified atom stereocenters. The molecule has 0 amide bonds. The molecule has 0 saturated carbocycles. The van der Waals surface area contributed by atoms with Crippen LogP contribution in [0.3, 0.4) is 0 Å². The second kappa shape index (κ2) is 6.59. The minimum atomic E-state index is -0.115. The third-order valence-corrected chi connectivity index (χ3v) is 1.08. The van der Waals surface area contributed by atoms with Gasteiger partial charge in [0.15, 0.2) is 0 Å². The quantitative estimate of drug-likeness (QED) is 0.436. The Balaban J connectivity index is 3.05. The van der Waals surface area contributed by atoms with Crippen LogP contribution in [0.15, 0.2) is 0 Å². The first-order valence-electron chi connectivity index (χ1n) is 3.82. The average Bonchev–Trinajstić information content (AvgIpc) is 1.89. The molecule has 59 valence electrons. The third kappa shape index (κ3) is 5.60. The minimum Gasteiger partial charge on any atom is -0.458 e. The summed E-state index contributed by atoms with van der Waals surface area (Å²) in [5.41, 5.74) is 0. The van der Waals surface area contributed by atoms with Gasteiger partial charge < -0.3 is 4.74 Å². The molecule has 0 aliphatic carbocycles. The summed E-state index contributed by atoms with van der Waals surface area (Å²) >= 11 is 0. The molecule has 0 rings (SSSR count). The summed E-state index contributed by atoms with van der Waals surface area (Å²) < 4.78 is 4.76. The van der Waals surface area contributed by atoms with Gasteiger partial charge in [-0.15, -0.1) is 0 Å². The molecule has 0 aromatic carbocycles. The fraction of sp³-hybridized carbons (Fsp3) is 0.750. The highest BCUT2D eigenvalue weighted by Crippen LogP contribution is 1.97. The van der Waals surface area contributed by atoms with E-state index in [1.165, 1.54) is 0 Å². The monoisotopic (exact) mass is 143 g/mol. The van der Waals surface area contributed by atoms with E-state index in [1.54, 1.807) is 6.61 Å². The van der Waals surface area contributed by atoms with E-state index in [2.05, 4.69) is 0 Å². The maximum Gasteiger partial charge on any atom is 0.306 e. The Labute approximate surface area is 62.6 Å². The van der Waals surface area contributed by atoms with Crippen molar-refractivity contribution >= 4 is 5.97 Å². The van der Waals surface area contributed by atoms with Crippen LogP contribution in [0.1, 0.15) is 39.5 Å². The highest BCUT2D eigenvalue weighted by atomic mass is 16.5. The highest BCUT2D eigenvalue weighted by Gasteiger charge is 1.98. The third-order valence-electron chi connectivity index (χ3n) is 1.08. The average molecular weight is 143 g/mol. The molecule has 0 bridgehead atoms. The Morgan fingerprint density at radius 1 is 1.40 bits per heavy atom. The maximum absolute atomic E-state index is 10.7. The molecule has 0 fully saturated rings. The maximum atomic E-state index is 10.7. The Kier molecular flexibility index (Phi) is 6.24. The zero-order valence-corrected chi connectivity index (χ0v) is 6.72. The van der Waals surface area contributed by atoms with E-state index >= 15 is 0 Å². The molecule has 0 N–H and O–H groups in total. The van der Waals surface area contributed by atoms with Crippen LogP contribution in [0.5, 0.6) is 0 Å². The number of carbonyl (C=O) groups is 1. The van der Waals surface area contributed by atoms with Gasteiger partial charge in [-0.3, -0.25) is 4.79 Å². The molecule has 1 radical (unpaired) electrons. The van der Waals surface area contributed by atoms with Crippen molar-refractivity contribution in [1.29, 1.82) is 0 Å². The number of rotatable bonds is 5. The van der Waals surface area contributed by atoms with E-state index in [0.717, 1.165) is 19.3 Å². The number of hydrogen-bond donors (Lipinski definition) is 0. The van der Waals surface area contributed by atoms with Gasteiger partial charge >= 0.3 is 5.97 Å². The molecule has 0 heterocycles. The number of ether oxygens (including phenoxy) is 1. The number of unbranched alkanes of at least 4 members (excludes halogenated alkanes) is 1. The molecule has 0 saturated heterocycles. The van der Waals surface area contributed by atoms with E-state index in [9.17, 15) is 4.79 Å². The first-order valence-corrected chi connectivity index (χ1v) is 3.82. The van der Waals surface area contributed by atoms with Gasteiger partial charge in [-0.25, -0.2) is 0 Å². The van der Waals surface area contributed by atoms with Crippen LogP contribution < -0.4 is 0 Å². The first-order chi connectivity index (χ1) is 4.81. The standard InChI is InChI=1S/C8H15O2/c1-3-5-7-10-8(9)6-4-2/h7H,3-6H2,1-2H3. The summed E-state index contributed by atoms with van der Waals surface area (Å²) in [6, 6.07) is 0. The molecule has 0 aliphatic rings. The molecule has 10 heavy (non-hydrogen) atoms. The van der Waals surface area contributed by atoms with Gasteiger partial charge in [0, 0.05) is 6.42 Å². The van der Waals surface area contributed by atoms with E-state index in [4.69, 9.17) is 4.74 Å². The Morgan fingerprint density at radius 2 is 2.10 bits per heavy atom. The largest absolute Gasteiger partial charge is 0.458 e. The van der Waals surface area contributed by atoms with Crippen molar-refractivity contribution in [2.75, 3.05) is 0 Å². The summed E-state index contributed by atoms with van der Waals surface area (Å²) in [6.07, 6.45) is 3.27. The van der Waals surface area contributed by atoms with Gasteiger partial charge in [0.05, 0.1) is 0 Å². The molecule has 2 nitrogen and oxygen atoms in total. The first kappa shape index (κ1) is 9.47. The second-order valence-corrected chi connectivity index (χ2v) is 2.20. The fourth-order valence-electron chi connectivity index (χ4n) is 0.533. The van der Waals surface area contributed by atoms with Gasteiger partial charge in [-0.1, -0.05) is 20.3 Å². The van der Waals surface area contributed by atoms with Crippen molar-refractivity contribution in [1.82, 2.24) is 0 Å². The predicted molar refractivity (Wildman–Crippen MR) is 40.2 cm³/mol. The van der Waals surface area contributed by atoms with Crippen molar-refractivity contribution in [3.05, 3.63) is 6.61 Å². The fourth-order valence-corrected chi connectivity index (χ4v) is 0.533. The van der Waals surface area contributed by atoms with Crippen LogP contribution in [0.2, 0.25) is 0 Å². The topological polar surface area (TPSA) is 26.3 Å². The molecule has 0 spiro atoms. The molecular weight excluding hydrogens is 128 g/mol. The predicted octanol–water partition coefficient (Wildman–Crippen LogP) is 2.29. The SMILES string of the molecule is CCC[CH]OC(=O)CCC. The van der Waals surface area contributed by atoms with Gasteiger partial charge in [-0.2, -0.15) is 0 Å². The Bertz CT molecular complexity index is 89.3. The Morgan fingerprint density at radius 3 is 2.60 bits per heavy atom. The molecule has 0 aliphatic heterocycles. The van der Waals surface area contributed by atoms with Gasteiger partial charge in [0.1, 0.15) is 6.61 Å². The summed E-state index contributed by atoms with van der Waals surface area (Å²) in [5, 5.41) is 0. The van der Waals surface area contributed by atoms with E-state index < -0.39 is 0 Å². The van der Waals surface area contributed by atoms with Crippen LogP contribution in [-0.4, -0.2) is 5.97 Å². The number of hydrogen-bond acceptors (Lipinski definition) is 2. The lowest BCUT2D eigenvalue weighted by Crippen LogP contribution is -2.00. The summed E-state index contributed by atoms with van der Waals surface area (Å²) in [6.45, 7) is 5.59. The molecule has 0 atom stereocenters. The van der Waals surface area contributed by atoms with E-state index in [0.29, 0.717) is 6.42 Å². The lowest BCUT2D eigenvalue weighted by atomic mass is 10.3. The van der Waals surface area contributed by atoms with E-state index in [1.807, 2.05) is 13.8 Å². The zero-order valence-electron chi connectivity index (χ0n) is 6.72. The summed E-state index contributed by atoms with van der Waals surface area (Å²) in [5.74, 6) is -0.115. The Hall–Kier alpha value is -0.530. The van der Waals surface area contributed by atoms with Crippen molar-refractivity contribution in [2.24, 2.45) is 0 Å². The molecule has 0 aromatic heterocycles. The van der Waals surface area contributed by atoms with E-state index in [-0.39, 0.29) is 5.97 Å². The van der Waals surface area contributed by atoms with Crippen LogP contribution >= 0.6 is 0 Å². The van der Waals surface area contributed by atoms with Crippen LogP contribution in [0, 0.1) is 6.61 Å². The number of esters is 1. The lowest BCUT2D eigenvalue weighted by molar-refractivity contribution is -0.140. The molecular formula is C8H15O2. The van der Waals surface area contributed by atoms with Gasteiger partial charge in [0.2, 0.25) is 0 Å². The van der Waals surface area contributed by atoms with Crippen molar-refractivity contribution < 1.29 is 9.53 Å². The smallest absolute Gasteiger partial charge is 0.306 e. The van der Waals surface area contributed by atoms with Crippen molar-refractivity contribution in [2.45, 2.75) is 39.5 Å². The summed E-state index contributed by atoms with van der Waals surface area (Å²) in [4.78, 5) is 10.7. The highest BCUT2D eigenvalue weighted by molar-refractivity contribution is 5.69. The van der Waals surface area contributed by atoms with Gasteiger partial charge in [-0.05, 0) is 12.8 Å². The van der Waals surface area contributed by atoms with Crippen molar-refractivity contribution in [3.8, 4) is 0 Å². The molecule has 0 aromatic rings. The zero-order chi connectivity index (χ0) is 7.82. The minimum absolute atomic E-state index is 0.115. The second-order valence-electron chi connectivity index (χ2n) is 2.20. The normalized spacial score (nSPS) is 9.40. The summed E-state index contributed by atoms with van der Waals surface area (Å²) in [7, 11) is 0. The number of carbonyl (C=O) groups excluding carboxylic acids is 1.